The molecule has 0 bridgehead atoms. The maximum absolute atomic E-state index is 12.0. The molecule has 0 aromatic heterocycles. The molecule has 1 atom stereocenters. The van der Waals surface area contributed by atoms with Crippen LogP contribution in [0.5, 0.6) is 5.75 Å². The molecule has 9 heteroatoms. The number of hydrogen-bond donors (Lipinski definition) is 2. The highest BCUT2D eigenvalue weighted by Gasteiger charge is 2.15. The molecule has 2 aromatic rings. The van der Waals surface area contributed by atoms with Gasteiger partial charge in [-0.25, -0.2) is 0 Å². The molecule has 3 rings (SSSR count). The van der Waals surface area contributed by atoms with Gasteiger partial charge in [-0.15, -0.1) is 0 Å². The highest BCUT2D eigenvalue weighted by atomic mass is 32.1. The van der Waals surface area contributed by atoms with E-state index in [1.54, 1.807) is 24.3 Å². The Labute approximate surface area is 179 Å². The number of hydrogen-bond acceptors (Lipinski definition) is 6. The zero-order valence-corrected chi connectivity index (χ0v) is 16.9. The number of nitro benzene ring substituents is 1. The molecule has 0 spiro atoms. The van der Waals surface area contributed by atoms with E-state index in [9.17, 15) is 14.9 Å². The predicted octanol–water partition coefficient (Wildman–Crippen LogP) is 3.68. The number of thiocarbonyl (C=S) groups is 1. The fourth-order valence-electron chi connectivity index (χ4n) is 2.83. The molecule has 1 saturated heterocycles. The van der Waals surface area contributed by atoms with Gasteiger partial charge in [0.05, 0.1) is 11.0 Å². The highest BCUT2D eigenvalue weighted by molar-refractivity contribution is 7.80. The van der Waals surface area contributed by atoms with Crippen molar-refractivity contribution in [3.05, 3.63) is 70.3 Å². The summed E-state index contributed by atoms with van der Waals surface area (Å²) in [4.78, 5) is 22.3. The number of non-ortho nitro benzene ring substituents is 1. The quantitative estimate of drug-likeness (QED) is 0.301. The molecular formula is C21H21N3O5S. The van der Waals surface area contributed by atoms with Crippen LogP contribution in [0.4, 0.5) is 11.4 Å². The third kappa shape index (κ3) is 6.64. The van der Waals surface area contributed by atoms with Gasteiger partial charge in [0.15, 0.2) is 5.11 Å². The van der Waals surface area contributed by atoms with Gasteiger partial charge in [0.1, 0.15) is 12.4 Å². The molecule has 156 valence electrons. The van der Waals surface area contributed by atoms with Crippen molar-refractivity contribution in [1.29, 1.82) is 0 Å². The number of anilines is 1. The summed E-state index contributed by atoms with van der Waals surface area (Å²) >= 11 is 5.14. The number of benzene rings is 2. The standard InChI is InChI=1S/C21H21N3O5S/c25-20(11-6-15-3-1-4-17(13-15)24(26)27)23-21(30)22-16-7-9-18(10-8-16)29-14-19-5-2-12-28-19/h1,3-4,6-11,13,19H,2,5,12,14H2,(H2,22,23,25,30)/b11-6+. The molecule has 2 N–H and O–H groups in total. The Morgan fingerprint density at radius 1 is 1.30 bits per heavy atom. The largest absolute Gasteiger partial charge is 0.491 e. The predicted molar refractivity (Wildman–Crippen MR) is 117 cm³/mol. The summed E-state index contributed by atoms with van der Waals surface area (Å²) in [5.41, 5.74) is 1.20. The van der Waals surface area contributed by atoms with Crippen molar-refractivity contribution in [2.75, 3.05) is 18.5 Å². The number of carbonyl (C=O) groups is 1. The van der Waals surface area contributed by atoms with Crippen molar-refractivity contribution in [3.63, 3.8) is 0 Å². The zero-order chi connectivity index (χ0) is 21.3. The molecule has 0 saturated carbocycles. The lowest BCUT2D eigenvalue weighted by Crippen LogP contribution is -2.32. The highest BCUT2D eigenvalue weighted by Crippen LogP contribution is 2.18. The van der Waals surface area contributed by atoms with E-state index in [4.69, 9.17) is 21.7 Å². The Kier molecular flexibility index (Phi) is 7.47. The second-order valence-electron chi connectivity index (χ2n) is 6.60. The fraction of sp³-hybridized carbons (Fsp3) is 0.238. The van der Waals surface area contributed by atoms with E-state index in [-0.39, 0.29) is 16.9 Å². The van der Waals surface area contributed by atoms with Crippen LogP contribution in [-0.2, 0) is 9.53 Å². The number of ether oxygens (including phenoxy) is 2. The van der Waals surface area contributed by atoms with E-state index in [0.717, 1.165) is 25.2 Å². The summed E-state index contributed by atoms with van der Waals surface area (Å²) in [6, 6.07) is 13.2. The molecule has 1 heterocycles. The van der Waals surface area contributed by atoms with E-state index in [0.29, 0.717) is 17.9 Å². The van der Waals surface area contributed by atoms with Crippen molar-refractivity contribution < 1.29 is 19.2 Å². The fourth-order valence-corrected chi connectivity index (χ4v) is 3.05. The summed E-state index contributed by atoms with van der Waals surface area (Å²) in [5.74, 6) is 0.279. The Morgan fingerprint density at radius 3 is 2.80 bits per heavy atom. The minimum Gasteiger partial charge on any atom is -0.491 e. The SMILES string of the molecule is O=C(/C=C/c1cccc([N+](=O)[O-])c1)NC(=S)Nc1ccc(OCC2CCCO2)cc1. The van der Waals surface area contributed by atoms with E-state index >= 15 is 0 Å². The first-order valence-electron chi connectivity index (χ1n) is 9.38. The third-order valence-electron chi connectivity index (χ3n) is 4.32. The van der Waals surface area contributed by atoms with Gasteiger partial charge < -0.3 is 14.8 Å². The average molecular weight is 427 g/mol. The van der Waals surface area contributed by atoms with Gasteiger partial charge in [-0.3, -0.25) is 20.2 Å². The Bertz CT molecular complexity index is 940. The Hall–Kier alpha value is -3.30. The second-order valence-corrected chi connectivity index (χ2v) is 7.01. The molecule has 30 heavy (non-hydrogen) atoms. The molecule has 8 nitrogen and oxygen atoms in total. The number of nitrogens with zero attached hydrogens (tertiary/aromatic N) is 1. The van der Waals surface area contributed by atoms with Crippen LogP contribution < -0.4 is 15.4 Å². The van der Waals surface area contributed by atoms with Crippen LogP contribution in [0.3, 0.4) is 0 Å². The maximum atomic E-state index is 12.0. The molecule has 2 aromatic carbocycles. The summed E-state index contributed by atoms with van der Waals surface area (Å²) in [5, 5.41) is 16.4. The molecule has 0 radical (unpaired) electrons. The topological polar surface area (TPSA) is 103 Å². The molecular weight excluding hydrogens is 406 g/mol. The number of carbonyl (C=O) groups excluding carboxylic acids is 1. The van der Waals surface area contributed by atoms with Crippen LogP contribution in [0.25, 0.3) is 6.08 Å². The minimum absolute atomic E-state index is 0.0436. The van der Waals surface area contributed by atoms with Crippen molar-refractivity contribution in [3.8, 4) is 5.75 Å². The van der Waals surface area contributed by atoms with Gasteiger partial charge in [0, 0.05) is 30.5 Å². The minimum atomic E-state index is -0.491. The van der Waals surface area contributed by atoms with Crippen LogP contribution in [0.15, 0.2) is 54.6 Å². The lowest BCUT2D eigenvalue weighted by molar-refractivity contribution is -0.384. The molecule has 0 aliphatic carbocycles. The first kappa shape index (κ1) is 21.4. The smallest absolute Gasteiger partial charge is 0.270 e. The number of nitro groups is 1. The van der Waals surface area contributed by atoms with Gasteiger partial charge in [-0.2, -0.15) is 0 Å². The normalized spacial score (nSPS) is 15.7. The number of amides is 1. The Balaban J connectivity index is 1.45. The second kappa shape index (κ2) is 10.5. The third-order valence-corrected chi connectivity index (χ3v) is 4.52. The van der Waals surface area contributed by atoms with Crippen LogP contribution in [-0.4, -0.2) is 35.3 Å². The molecule has 1 amide bonds. The van der Waals surface area contributed by atoms with Gasteiger partial charge >= 0.3 is 0 Å². The summed E-state index contributed by atoms with van der Waals surface area (Å²) in [6.07, 6.45) is 4.98. The summed E-state index contributed by atoms with van der Waals surface area (Å²) < 4.78 is 11.2. The molecule has 1 aliphatic heterocycles. The molecule has 1 fully saturated rings. The van der Waals surface area contributed by atoms with E-state index < -0.39 is 10.8 Å². The van der Waals surface area contributed by atoms with Gasteiger partial charge in [0.2, 0.25) is 5.91 Å². The lowest BCUT2D eigenvalue weighted by atomic mass is 10.2. The van der Waals surface area contributed by atoms with E-state index in [1.165, 1.54) is 24.3 Å². The number of nitrogens with one attached hydrogen (secondary N) is 2. The lowest BCUT2D eigenvalue weighted by Gasteiger charge is -2.12. The van der Waals surface area contributed by atoms with Crippen molar-refractivity contribution in [1.82, 2.24) is 5.32 Å². The average Bonchev–Trinajstić information content (AvgIpc) is 3.25. The van der Waals surface area contributed by atoms with Crippen LogP contribution in [0.2, 0.25) is 0 Å². The summed E-state index contributed by atoms with van der Waals surface area (Å²) in [6.45, 7) is 1.32. The van der Waals surface area contributed by atoms with E-state index in [2.05, 4.69) is 10.6 Å². The zero-order valence-electron chi connectivity index (χ0n) is 16.1. The van der Waals surface area contributed by atoms with Crippen LogP contribution in [0.1, 0.15) is 18.4 Å². The van der Waals surface area contributed by atoms with Gasteiger partial charge in [-0.05, 0) is 61.0 Å². The van der Waals surface area contributed by atoms with Gasteiger partial charge in [0.25, 0.3) is 5.69 Å². The molecule has 1 aliphatic rings. The van der Waals surface area contributed by atoms with Crippen molar-refractivity contribution in [2.45, 2.75) is 18.9 Å². The summed E-state index contributed by atoms with van der Waals surface area (Å²) in [7, 11) is 0. The van der Waals surface area contributed by atoms with Gasteiger partial charge in [-0.1, -0.05) is 12.1 Å². The first-order chi connectivity index (χ1) is 14.5. The molecule has 1 unspecified atom stereocenters. The van der Waals surface area contributed by atoms with Crippen molar-refractivity contribution in [2.24, 2.45) is 0 Å². The Morgan fingerprint density at radius 2 is 2.10 bits per heavy atom. The van der Waals surface area contributed by atoms with Crippen molar-refractivity contribution >= 4 is 40.7 Å². The van der Waals surface area contributed by atoms with E-state index in [1.807, 2.05) is 12.1 Å². The van der Waals surface area contributed by atoms with Crippen LogP contribution in [0, 0.1) is 10.1 Å². The maximum Gasteiger partial charge on any atom is 0.270 e. The van der Waals surface area contributed by atoms with Crippen LogP contribution >= 0.6 is 12.2 Å². The monoisotopic (exact) mass is 427 g/mol. The number of rotatable bonds is 7. The first-order valence-corrected chi connectivity index (χ1v) is 9.79.